The Balaban J connectivity index is 1.58. The molecular weight excluding hydrogens is 338 g/mol. The first-order valence-corrected chi connectivity index (χ1v) is 9.18. The van der Waals surface area contributed by atoms with Gasteiger partial charge in [0.25, 0.3) is 5.91 Å². The molecule has 136 valence electrons. The highest BCUT2D eigenvalue weighted by molar-refractivity contribution is 6.30. The standard InChI is InChI=1S/C18H26ClN5O/c1-13(23-10-8-22(3)9-11-23)6-7-20-18(25)17-14(2)21-16-5-4-15(19)12-24(16)17/h4-5,12-13H,6-11H2,1-3H3,(H,20,25)/t13-/m1/s1. The Morgan fingerprint density at radius 2 is 2.04 bits per heavy atom. The van der Waals surface area contributed by atoms with E-state index in [0.717, 1.165) is 38.2 Å². The van der Waals surface area contributed by atoms with Crippen molar-refractivity contribution in [2.45, 2.75) is 26.3 Å². The van der Waals surface area contributed by atoms with Gasteiger partial charge in [-0.1, -0.05) is 11.6 Å². The largest absolute Gasteiger partial charge is 0.351 e. The Bertz CT molecular complexity index is 751. The zero-order valence-electron chi connectivity index (χ0n) is 15.1. The van der Waals surface area contributed by atoms with Crippen LogP contribution in [0.5, 0.6) is 0 Å². The van der Waals surface area contributed by atoms with Gasteiger partial charge < -0.3 is 10.2 Å². The number of nitrogens with zero attached hydrogens (tertiary/aromatic N) is 4. The lowest BCUT2D eigenvalue weighted by Gasteiger charge is -2.36. The van der Waals surface area contributed by atoms with Gasteiger partial charge in [-0.05, 0) is 39.4 Å². The third-order valence-corrected chi connectivity index (χ3v) is 5.20. The number of carbonyl (C=O) groups is 1. The van der Waals surface area contributed by atoms with Crippen LogP contribution in [-0.2, 0) is 0 Å². The molecule has 1 N–H and O–H groups in total. The highest BCUT2D eigenvalue weighted by Crippen LogP contribution is 2.16. The summed E-state index contributed by atoms with van der Waals surface area (Å²) in [5, 5.41) is 3.62. The molecule has 3 heterocycles. The summed E-state index contributed by atoms with van der Waals surface area (Å²) < 4.78 is 1.76. The molecule has 0 aromatic carbocycles. The summed E-state index contributed by atoms with van der Waals surface area (Å²) in [4.78, 5) is 21.9. The lowest BCUT2D eigenvalue weighted by molar-refractivity contribution is 0.0929. The van der Waals surface area contributed by atoms with Crippen LogP contribution in [0, 0.1) is 6.92 Å². The predicted octanol–water partition coefficient (Wildman–Crippen LogP) is 2.05. The van der Waals surface area contributed by atoms with Crippen LogP contribution in [0.25, 0.3) is 5.65 Å². The fourth-order valence-corrected chi connectivity index (χ4v) is 3.49. The van der Waals surface area contributed by atoms with Gasteiger partial charge in [-0.15, -0.1) is 0 Å². The first kappa shape index (κ1) is 18.2. The van der Waals surface area contributed by atoms with Gasteiger partial charge >= 0.3 is 0 Å². The number of likely N-dealkylation sites (N-methyl/N-ethyl adjacent to an activating group) is 1. The van der Waals surface area contributed by atoms with Crippen molar-refractivity contribution in [1.29, 1.82) is 0 Å². The van der Waals surface area contributed by atoms with E-state index < -0.39 is 0 Å². The molecule has 6 nitrogen and oxygen atoms in total. The first-order valence-electron chi connectivity index (χ1n) is 8.80. The van der Waals surface area contributed by atoms with E-state index >= 15 is 0 Å². The van der Waals surface area contributed by atoms with Crippen molar-refractivity contribution in [3.63, 3.8) is 0 Å². The highest BCUT2D eigenvalue weighted by Gasteiger charge is 2.20. The Morgan fingerprint density at radius 3 is 2.76 bits per heavy atom. The third kappa shape index (κ3) is 4.14. The number of amides is 1. The van der Waals surface area contributed by atoms with Crippen LogP contribution < -0.4 is 5.32 Å². The molecule has 1 aliphatic rings. The van der Waals surface area contributed by atoms with Crippen LogP contribution >= 0.6 is 11.6 Å². The SMILES string of the molecule is Cc1nc2ccc(Cl)cn2c1C(=O)NCC[C@@H](C)N1CCN(C)CC1. The Morgan fingerprint density at radius 1 is 1.32 bits per heavy atom. The van der Waals surface area contributed by atoms with Gasteiger partial charge in [0.1, 0.15) is 11.3 Å². The molecule has 0 radical (unpaired) electrons. The van der Waals surface area contributed by atoms with E-state index in [1.165, 1.54) is 0 Å². The van der Waals surface area contributed by atoms with Gasteiger partial charge in [-0.2, -0.15) is 0 Å². The Kier molecular flexibility index (Phi) is 5.61. The molecule has 2 aromatic rings. The minimum Gasteiger partial charge on any atom is -0.351 e. The molecule has 0 saturated carbocycles. The number of carbonyl (C=O) groups excluding carboxylic acids is 1. The van der Waals surface area contributed by atoms with Gasteiger partial charge in [0.2, 0.25) is 0 Å². The molecule has 2 aromatic heterocycles. The van der Waals surface area contributed by atoms with Crippen LogP contribution in [0.3, 0.4) is 0 Å². The molecule has 25 heavy (non-hydrogen) atoms. The normalized spacial score (nSPS) is 17.8. The van der Waals surface area contributed by atoms with Crippen molar-refractivity contribution in [2.75, 3.05) is 39.8 Å². The smallest absolute Gasteiger partial charge is 0.270 e. The minimum absolute atomic E-state index is 0.0992. The van der Waals surface area contributed by atoms with Gasteiger partial charge in [0, 0.05) is 45.0 Å². The van der Waals surface area contributed by atoms with E-state index in [4.69, 9.17) is 11.6 Å². The fourth-order valence-electron chi connectivity index (χ4n) is 3.33. The van der Waals surface area contributed by atoms with Gasteiger partial charge in [-0.3, -0.25) is 14.1 Å². The molecule has 1 amide bonds. The molecule has 1 aliphatic heterocycles. The van der Waals surface area contributed by atoms with Crippen molar-refractivity contribution >= 4 is 23.2 Å². The molecule has 1 saturated heterocycles. The van der Waals surface area contributed by atoms with E-state index in [9.17, 15) is 4.79 Å². The van der Waals surface area contributed by atoms with E-state index in [-0.39, 0.29) is 5.91 Å². The maximum Gasteiger partial charge on any atom is 0.270 e. The average molecular weight is 364 g/mol. The summed E-state index contributed by atoms with van der Waals surface area (Å²) >= 11 is 6.06. The molecular formula is C18H26ClN5O. The average Bonchev–Trinajstić information content (AvgIpc) is 2.90. The molecule has 0 bridgehead atoms. The highest BCUT2D eigenvalue weighted by atomic mass is 35.5. The van der Waals surface area contributed by atoms with Crippen molar-refractivity contribution in [3.8, 4) is 0 Å². The Hall–Kier alpha value is -1.63. The number of nitrogens with one attached hydrogen (secondary N) is 1. The summed E-state index contributed by atoms with van der Waals surface area (Å²) in [5.74, 6) is -0.0992. The topological polar surface area (TPSA) is 52.9 Å². The number of rotatable bonds is 5. The molecule has 0 aliphatic carbocycles. The molecule has 7 heteroatoms. The van der Waals surface area contributed by atoms with E-state index in [2.05, 4.69) is 34.1 Å². The van der Waals surface area contributed by atoms with Gasteiger partial charge in [0.05, 0.1) is 10.7 Å². The maximum atomic E-state index is 12.6. The summed E-state index contributed by atoms with van der Waals surface area (Å²) in [7, 11) is 2.16. The van der Waals surface area contributed by atoms with Crippen molar-refractivity contribution in [2.24, 2.45) is 0 Å². The van der Waals surface area contributed by atoms with Gasteiger partial charge in [-0.25, -0.2) is 4.98 Å². The fraction of sp³-hybridized carbons (Fsp3) is 0.556. The number of fused-ring (bicyclic) bond motifs is 1. The van der Waals surface area contributed by atoms with Crippen LogP contribution in [-0.4, -0.2) is 70.9 Å². The van der Waals surface area contributed by atoms with Crippen LogP contribution in [0.4, 0.5) is 0 Å². The van der Waals surface area contributed by atoms with E-state index in [1.807, 2.05) is 13.0 Å². The first-order chi connectivity index (χ1) is 12.0. The summed E-state index contributed by atoms with van der Waals surface area (Å²) in [6.07, 6.45) is 2.67. The van der Waals surface area contributed by atoms with E-state index in [1.54, 1.807) is 16.7 Å². The lowest BCUT2D eigenvalue weighted by atomic mass is 10.1. The summed E-state index contributed by atoms with van der Waals surface area (Å²) in [6, 6.07) is 4.07. The number of hydrogen-bond acceptors (Lipinski definition) is 4. The number of aryl methyl sites for hydroxylation is 1. The van der Waals surface area contributed by atoms with Crippen molar-refractivity contribution in [3.05, 3.63) is 34.7 Å². The molecule has 3 rings (SSSR count). The van der Waals surface area contributed by atoms with E-state index in [0.29, 0.717) is 29.0 Å². The molecule has 0 spiro atoms. The second kappa shape index (κ2) is 7.72. The quantitative estimate of drug-likeness (QED) is 0.883. The lowest BCUT2D eigenvalue weighted by Crippen LogP contribution is -2.48. The predicted molar refractivity (Wildman–Crippen MR) is 100 cm³/mol. The molecule has 1 atom stereocenters. The second-order valence-corrected chi connectivity index (χ2v) is 7.29. The van der Waals surface area contributed by atoms with Crippen LogP contribution in [0.1, 0.15) is 29.5 Å². The summed E-state index contributed by atoms with van der Waals surface area (Å²) in [6.45, 7) is 9.14. The van der Waals surface area contributed by atoms with Crippen molar-refractivity contribution < 1.29 is 4.79 Å². The van der Waals surface area contributed by atoms with Crippen LogP contribution in [0.15, 0.2) is 18.3 Å². The second-order valence-electron chi connectivity index (χ2n) is 6.85. The number of halogens is 1. The Labute approximate surface area is 153 Å². The number of aromatic nitrogens is 2. The van der Waals surface area contributed by atoms with Crippen LogP contribution in [0.2, 0.25) is 5.02 Å². The molecule has 1 fully saturated rings. The van der Waals surface area contributed by atoms with Gasteiger partial charge in [0.15, 0.2) is 0 Å². The maximum absolute atomic E-state index is 12.6. The van der Waals surface area contributed by atoms with Crippen molar-refractivity contribution in [1.82, 2.24) is 24.5 Å². The third-order valence-electron chi connectivity index (χ3n) is 4.98. The number of piperazine rings is 1. The molecule has 0 unspecified atom stereocenters. The zero-order chi connectivity index (χ0) is 18.0. The number of imidazole rings is 1. The zero-order valence-corrected chi connectivity index (χ0v) is 15.9. The number of hydrogen-bond donors (Lipinski definition) is 1. The number of pyridine rings is 1. The minimum atomic E-state index is -0.0992. The monoisotopic (exact) mass is 363 g/mol. The summed E-state index contributed by atoms with van der Waals surface area (Å²) in [5.41, 5.74) is 2.01.